The number of rotatable bonds is 3. The average molecular weight is 277 g/mol. The van der Waals surface area contributed by atoms with Gasteiger partial charge in [0.1, 0.15) is 0 Å². The van der Waals surface area contributed by atoms with Gasteiger partial charge in [-0.25, -0.2) is 9.59 Å². The molecule has 0 aromatic heterocycles. The van der Waals surface area contributed by atoms with E-state index in [9.17, 15) is 9.59 Å². The fourth-order valence-electron chi connectivity index (χ4n) is 2.25. The minimum absolute atomic E-state index is 0.167. The number of hydrogen-bond acceptors (Lipinski definition) is 3. The van der Waals surface area contributed by atoms with Gasteiger partial charge in [0.05, 0.1) is 5.56 Å². The molecule has 6 nitrogen and oxygen atoms in total. The number of amides is 2. The number of urea groups is 1. The Hall–Kier alpha value is -2.08. The SMILES string of the molecule is Cc1ccc(NC(=O)NC2CCNCC2)cc1C(=O)O. The van der Waals surface area contributed by atoms with Crippen molar-refractivity contribution in [1.29, 1.82) is 0 Å². The molecule has 4 N–H and O–H groups in total. The van der Waals surface area contributed by atoms with Crippen molar-refractivity contribution in [2.24, 2.45) is 0 Å². The van der Waals surface area contributed by atoms with Crippen molar-refractivity contribution in [1.82, 2.24) is 10.6 Å². The molecule has 0 bridgehead atoms. The summed E-state index contributed by atoms with van der Waals surface area (Å²) in [5, 5.41) is 17.8. The summed E-state index contributed by atoms with van der Waals surface area (Å²) in [7, 11) is 0. The first kappa shape index (κ1) is 14.3. The van der Waals surface area contributed by atoms with E-state index in [1.54, 1.807) is 19.1 Å². The van der Waals surface area contributed by atoms with Crippen LogP contribution in [0.3, 0.4) is 0 Å². The lowest BCUT2D eigenvalue weighted by Crippen LogP contribution is -2.44. The van der Waals surface area contributed by atoms with Gasteiger partial charge in [-0.15, -0.1) is 0 Å². The number of anilines is 1. The lowest BCUT2D eigenvalue weighted by Gasteiger charge is -2.23. The molecule has 0 atom stereocenters. The van der Waals surface area contributed by atoms with Gasteiger partial charge in [-0.2, -0.15) is 0 Å². The number of aryl methyl sites for hydroxylation is 1. The quantitative estimate of drug-likeness (QED) is 0.675. The summed E-state index contributed by atoms with van der Waals surface area (Å²) in [6, 6.07) is 4.73. The summed E-state index contributed by atoms with van der Waals surface area (Å²) in [4.78, 5) is 22.9. The van der Waals surface area contributed by atoms with Crippen LogP contribution < -0.4 is 16.0 Å². The van der Waals surface area contributed by atoms with E-state index in [4.69, 9.17) is 5.11 Å². The number of piperidine rings is 1. The largest absolute Gasteiger partial charge is 0.478 e. The maximum atomic E-state index is 11.9. The standard InChI is InChI=1S/C14H19N3O3/c1-9-2-3-11(8-12(9)13(18)19)17-14(20)16-10-4-6-15-7-5-10/h2-3,8,10,15H,4-7H2,1H3,(H,18,19)(H2,16,17,20). The lowest BCUT2D eigenvalue weighted by atomic mass is 10.1. The third-order valence-corrected chi connectivity index (χ3v) is 3.40. The Labute approximate surface area is 117 Å². The molecule has 2 amide bonds. The van der Waals surface area contributed by atoms with Crippen molar-refractivity contribution in [3.8, 4) is 0 Å². The van der Waals surface area contributed by atoms with Crippen LogP contribution in [0.1, 0.15) is 28.8 Å². The first-order valence-corrected chi connectivity index (χ1v) is 6.68. The third kappa shape index (κ3) is 3.71. The molecule has 0 saturated carbocycles. The number of carboxylic acids is 1. The van der Waals surface area contributed by atoms with Gasteiger partial charge < -0.3 is 21.1 Å². The topological polar surface area (TPSA) is 90.5 Å². The van der Waals surface area contributed by atoms with E-state index in [0.29, 0.717) is 11.3 Å². The molecule has 1 fully saturated rings. The van der Waals surface area contributed by atoms with Crippen molar-refractivity contribution in [3.63, 3.8) is 0 Å². The van der Waals surface area contributed by atoms with Crippen molar-refractivity contribution in [3.05, 3.63) is 29.3 Å². The summed E-state index contributed by atoms with van der Waals surface area (Å²) in [5.41, 5.74) is 1.35. The van der Waals surface area contributed by atoms with E-state index in [1.807, 2.05) is 0 Å². The lowest BCUT2D eigenvalue weighted by molar-refractivity contribution is 0.0696. The molecule has 0 aliphatic carbocycles. The van der Waals surface area contributed by atoms with Crippen LogP contribution in [0.4, 0.5) is 10.5 Å². The zero-order valence-electron chi connectivity index (χ0n) is 11.4. The zero-order chi connectivity index (χ0) is 14.5. The third-order valence-electron chi connectivity index (χ3n) is 3.40. The second kappa shape index (κ2) is 6.38. The maximum Gasteiger partial charge on any atom is 0.336 e. The highest BCUT2D eigenvalue weighted by Gasteiger charge is 2.15. The van der Waals surface area contributed by atoms with Gasteiger partial charge in [-0.1, -0.05) is 6.07 Å². The van der Waals surface area contributed by atoms with Crippen LogP contribution in [0, 0.1) is 6.92 Å². The van der Waals surface area contributed by atoms with E-state index >= 15 is 0 Å². The minimum Gasteiger partial charge on any atom is -0.478 e. The van der Waals surface area contributed by atoms with E-state index in [0.717, 1.165) is 25.9 Å². The summed E-state index contributed by atoms with van der Waals surface area (Å²) in [6.07, 6.45) is 1.81. The fraction of sp³-hybridized carbons (Fsp3) is 0.429. The van der Waals surface area contributed by atoms with Gasteiger partial charge >= 0.3 is 12.0 Å². The van der Waals surface area contributed by atoms with Gasteiger partial charge in [0, 0.05) is 11.7 Å². The van der Waals surface area contributed by atoms with Crippen LogP contribution in [-0.2, 0) is 0 Å². The molecule has 2 rings (SSSR count). The van der Waals surface area contributed by atoms with Crippen molar-refractivity contribution >= 4 is 17.7 Å². The minimum atomic E-state index is -0.995. The number of carbonyl (C=O) groups excluding carboxylic acids is 1. The van der Waals surface area contributed by atoms with Crippen LogP contribution in [0.15, 0.2) is 18.2 Å². The normalized spacial score (nSPS) is 15.7. The van der Waals surface area contributed by atoms with Crippen molar-refractivity contribution in [2.75, 3.05) is 18.4 Å². The highest BCUT2D eigenvalue weighted by atomic mass is 16.4. The smallest absolute Gasteiger partial charge is 0.336 e. The number of benzene rings is 1. The van der Waals surface area contributed by atoms with Crippen molar-refractivity contribution < 1.29 is 14.7 Å². The molecule has 1 aromatic rings. The molecule has 1 aliphatic rings. The molecular formula is C14H19N3O3. The zero-order valence-corrected chi connectivity index (χ0v) is 11.4. The summed E-state index contributed by atoms with van der Waals surface area (Å²) >= 11 is 0. The summed E-state index contributed by atoms with van der Waals surface area (Å²) in [5.74, 6) is -0.995. The predicted octanol–water partition coefficient (Wildman–Crippen LogP) is 1.57. The molecule has 1 aliphatic heterocycles. The van der Waals surface area contributed by atoms with E-state index in [2.05, 4.69) is 16.0 Å². The van der Waals surface area contributed by atoms with Gasteiger partial charge in [0.25, 0.3) is 0 Å². The molecule has 1 aromatic carbocycles. The van der Waals surface area contributed by atoms with Crippen molar-refractivity contribution in [2.45, 2.75) is 25.8 Å². The second-order valence-corrected chi connectivity index (χ2v) is 4.96. The van der Waals surface area contributed by atoms with Crippen LogP contribution in [0.5, 0.6) is 0 Å². The molecule has 6 heteroatoms. The van der Waals surface area contributed by atoms with E-state index in [-0.39, 0.29) is 17.6 Å². The Balaban J connectivity index is 1.96. The molecule has 0 radical (unpaired) electrons. The van der Waals surface area contributed by atoms with Gasteiger partial charge in [0.15, 0.2) is 0 Å². The van der Waals surface area contributed by atoms with Crippen LogP contribution in [-0.4, -0.2) is 36.2 Å². The highest BCUT2D eigenvalue weighted by molar-refractivity contribution is 5.94. The first-order valence-electron chi connectivity index (χ1n) is 6.68. The number of carbonyl (C=O) groups is 2. The molecule has 108 valence electrons. The fourth-order valence-corrected chi connectivity index (χ4v) is 2.25. The average Bonchev–Trinajstić information content (AvgIpc) is 2.41. The van der Waals surface area contributed by atoms with E-state index < -0.39 is 5.97 Å². The maximum absolute atomic E-state index is 11.9. The Kier molecular flexibility index (Phi) is 4.57. The molecular weight excluding hydrogens is 258 g/mol. The van der Waals surface area contributed by atoms with Crippen LogP contribution in [0.25, 0.3) is 0 Å². The summed E-state index contributed by atoms with van der Waals surface area (Å²) < 4.78 is 0. The Morgan fingerprint density at radius 1 is 1.30 bits per heavy atom. The van der Waals surface area contributed by atoms with Gasteiger partial charge in [-0.05, 0) is 50.6 Å². The number of hydrogen-bond donors (Lipinski definition) is 4. The molecule has 1 heterocycles. The van der Waals surface area contributed by atoms with Gasteiger partial charge in [0.2, 0.25) is 0 Å². The Morgan fingerprint density at radius 3 is 2.65 bits per heavy atom. The number of nitrogens with one attached hydrogen (secondary N) is 3. The Bertz CT molecular complexity index is 510. The molecule has 1 saturated heterocycles. The molecule has 0 spiro atoms. The van der Waals surface area contributed by atoms with E-state index in [1.165, 1.54) is 6.07 Å². The monoisotopic (exact) mass is 277 g/mol. The second-order valence-electron chi connectivity index (χ2n) is 4.96. The molecule has 0 unspecified atom stereocenters. The van der Waals surface area contributed by atoms with Crippen LogP contribution in [0.2, 0.25) is 0 Å². The van der Waals surface area contributed by atoms with Crippen LogP contribution >= 0.6 is 0 Å². The first-order chi connectivity index (χ1) is 9.56. The molecule has 20 heavy (non-hydrogen) atoms. The number of aromatic carboxylic acids is 1. The highest BCUT2D eigenvalue weighted by Crippen LogP contribution is 2.15. The van der Waals surface area contributed by atoms with Gasteiger partial charge in [-0.3, -0.25) is 0 Å². The Morgan fingerprint density at radius 2 is 2.00 bits per heavy atom. The number of carboxylic acid groups (broad SMARTS) is 1. The summed E-state index contributed by atoms with van der Waals surface area (Å²) in [6.45, 7) is 3.53. The predicted molar refractivity (Wildman–Crippen MR) is 76.2 cm³/mol.